The maximum Gasteiger partial charge on any atom is 0.284 e. The lowest BCUT2D eigenvalue weighted by Gasteiger charge is -2.30. The maximum absolute atomic E-state index is 15.2. The van der Waals surface area contributed by atoms with E-state index >= 15 is 4.39 Å². The van der Waals surface area contributed by atoms with Crippen molar-refractivity contribution in [3.05, 3.63) is 94.5 Å². The number of pyridine rings is 1. The van der Waals surface area contributed by atoms with Gasteiger partial charge in [-0.2, -0.15) is 14.9 Å². The molecule has 0 unspecified atom stereocenters. The molecule has 1 amide bonds. The van der Waals surface area contributed by atoms with Gasteiger partial charge in [-0.05, 0) is 74.9 Å². The number of fused-ring (bicyclic) bond motifs is 1. The third kappa shape index (κ3) is 6.13. The monoisotopic (exact) mass is 603 g/mol. The summed E-state index contributed by atoms with van der Waals surface area (Å²) in [5.74, 6) is -1.59. The highest BCUT2D eigenvalue weighted by Crippen LogP contribution is 2.39. The topological polar surface area (TPSA) is 118 Å². The predicted octanol–water partition coefficient (Wildman–Crippen LogP) is 5.40. The van der Waals surface area contributed by atoms with Crippen molar-refractivity contribution in [1.82, 2.24) is 29.9 Å². The quantitative estimate of drug-likeness (QED) is 0.242. The minimum absolute atomic E-state index is 0.0542. The fraction of sp³-hybridized carbons (Fsp3) is 0.233. The number of carbonyl (C=O) groups excluding carboxylic acids is 1. The summed E-state index contributed by atoms with van der Waals surface area (Å²) in [6.45, 7) is 5.29. The molecule has 0 radical (unpaired) electrons. The second-order valence-corrected chi connectivity index (χ2v) is 11.2. The average Bonchev–Trinajstić information content (AvgIpc) is 3.43. The summed E-state index contributed by atoms with van der Waals surface area (Å²) in [6, 6.07) is 12.0. The number of hydrogen-bond donors (Lipinski definition) is 2. The number of halogens is 2. The second kappa shape index (κ2) is 12.3. The standard InChI is InChI=1S/C30H27F2N7O3S/c1-2-38-15-11-21(12-16-38)43-29-26-25(10-13-33-27(26)36-37-29)42-24-8-5-19(17-23(24)32)35-28(40)22-9-14-34-39(30(22)41)20-6-3-18(31)4-7-20/h3-10,13-14,17,21H,2,11-12,15-16H2,1H3,(H,35,40)(H,33,36,37). The van der Waals surface area contributed by atoms with Gasteiger partial charge in [-0.3, -0.25) is 14.7 Å². The van der Waals surface area contributed by atoms with Crippen LogP contribution in [0.4, 0.5) is 14.5 Å². The van der Waals surface area contributed by atoms with Crippen molar-refractivity contribution in [2.45, 2.75) is 30.0 Å². The Kier molecular flexibility index (Phi) is 8.16. The van der Waals surface area contributed by atoms with Gasteiger partial charge >= 0.3 is 0 Å². The lowest BCUT2D eigenvalue weighted by molar-refractivity contribution is 0.102. The molecule has 43 heavy (non-hydrogen) atoms. The van der Waals surface area contributed by atoms with Crippen LogP contribution in [0.15, 0.2) is 76.8 Å². The summed E-state index contributed by atoms with van der Waals surface area (Å²) in [4.78, 5) is 32.6. The molecular weight excluding hydrogens is 576 g/mol. The van der Waals surface area contributed by atoms with Crippen molar-refractivity contribution in [2.24, 2.45) is 0 Å². The van der Waals surface area contributed by atoms with Gasteiger partial charge < -0.3 is 15.0 Å². The summed E-state index contributed by atoms with van der Waals surface area (Å²) in [5, 5.41) is 15.7. The lowest BCUT2D eigenvalue weighted by Crippen LogP contribution is -2.34. The molecular formula is C30H27F2N7O3S. The number of aromatic nitrogens is 5. The molecule has 2 aromatic carbocycles. The Morgan fingerprint density at radius 2 is 1.86 bits per heavy atom. The number of thioether (sulfide) groups is 1. The summed E-state index contributed by atoms with van der Waals surface area (Å²) >= 11 is 1.67. The van der Waals surface area contributed by atoms with E-state index in [0.717, 1.165) is 48.3 Å². The zero-order valence-corrected chi connectivity index (χ0v) is 23.9. The molecule has 13 heteroatoms. The van der Waals surface area contributed by atoms with Gasteiger partial charge in [0.05, 0.1) is 11.1 Å². The van der Waals surface area contributed by atoms with Gasteiger partial charge in [-0.25, -0.2) is 13.8 Å². The van der Waals surface area contributed by atoms with E-state index < -0.39 is 23.1 Å². The van der Waals surface area contributed by atoms with E-state index in [2.05, 4.69) is 37.4 Å². The molecule has 6 rings (SSSR count). The first kappa shape index (κ1) is 28.5. The molecule has 0 aliphatic carbocycles. The van der Waals surface area contributed by atoms with E-state index in [1.165, 1.54) is 48.7 Å². The third-order valence-corrected chi connectivity index (χ3v) is 8.55. The van der Waals surface area contributed by atoms with E-state index in [1.807, 2.05) is 0 Å². The minimum atomic E-state index is -0.753. The van der Waals surface area contributed by atoms with E-state index in [1.54, 1.807) is 24.0 Å². The maximum atomic E-state index is 15.2. The first-order valence-electron chi connectivity index (χ1n) is 13.7. The van der Waals surface area contributed by atoms with Crippen LogP contribution in [0.5, 0.6) is 11.5 Å². The predicted molar refractivity (Wildman–Crippen MR) is 159 cm³/mol. The molecule has 1 fully saturated rings. The van der Waals surface area contributed by atoms with Crippen molar-refractivity contribution in [1.29, 1.82) is 0 Å². The van der Waals surface area contributed by atoms with Crippen LogP contribution in [0.25, 0.3) is 16.7 Å². The molecule has 0 atom stereocenters. The zero-order valence-electron chi connectivity index (χ0n) is 23.1. The highest BCUT2D eigenvalue weighted by molar-refractivity contribution is 8.00. The Morgan fingerprint density at radius 1 is 1.07 bits per heavy atom. The normalized spacial score (nSPS) is 14.2. The number of likely N-dealkylation sites (tertiary alicyclic amines) is 1. The van der Waals surface area contributed by atoms with E-state index in [4.69, 9.17) is 4.74 Å². The van der Waals surface area contributed by atoms with Crippen LogP contribution in [0.2, 0.25) is 0 Å². The van der Waals surface area contributed by atoms with Crippen molar-refractivity contribution < 1.29 is 18.3 Å². The smallest absolute Gasteiger partial charge is 0.284 e. The highest BCUT2D eigenvalue weighted by Gasteiger charge is 2.23. The summed E-state index contributed by atoms with van der Waals surface area (Å²) in [5.41, 5.74) is 0.0269. The molecule has 2 N–H and O–H groups in total. The van der Waals surface area contributed by atoms with Gasteiger partial charge in [-0.1, -0.05) is 6.92 Å². The molecule has 1 saturated heterocycles. The van der Waals surface area contributed by atoms with Crippen LogP contribution in [0.3, 0.4) is 0 Å². The molecule has 0 spiro atoms. The molecule has 1 aliphatic rings. The van der Waals surface area contributed by atoms with Crippen LogP contribution in [0, 0.1) is 11.6 Å². The Labute approximate surface area is 249 Å². The number of carbonyl (C=O) groups is 1. The fourth-order valence-electron chi connectivity index (χ4n) is 4.90. The molecule has 0 saturated carbocycles. The van der Waals surface area contributed by atoms with Crippen LogP contribution >= 0.6 is 11.8 Å². The second-order valence-electron chi connectivity index (χ2n) is 9.95. The lowest BCUT2D eigenvalue weighted by atomic mass is 10.1. The molecule has 3 aromatic heterocycles. The van der Waals surface area contributed by atoms with Gasteiger partial charge in [0.25, 0.3) is 11.5 Å². The first-order valence-corrected chi connectivity index (χ1v) is 14.6. The number of nitrogens with one attached hydrogen (secondary N) is 2. The van der Waals surface area contributed by atoms with E-state index in [-0.39, 0.29) is 17.0 Å². The van der Waals surface area contributed by atoms with Crippen LogP contribution < -0.4 is 15.6 Å². The van der Waals surface area contributed by atoms with Gasteiger partial charge in [-0.15, -0.1) is 11.8 Å². The third-order valence-electron chi connectivity index (χ3n) is 7.22. The number of piperidine rings is 1. The largest absolute Gasteiger partial charge is 0.453 e. The molecule has 5 aromatic rings. The van der Waals surface area contributed by atoms with E-state index in [9.17, 15) is 14.0 Å². The molecule has 1 aliphatic heterocycles. The van der Waals surface area contributed by atoms with E-state index in [0.29, 0.717) is 27.7 Å². The highest BCUT2D eigenvalue weighted by atomic mass is 32.2. The number of anilines is 1. The van der Waals surface area contributed by atoms with Crippen LogP contribution in [-0.2, 0) is 0 Å². The van der Waals surface area contributed by atoms with Gasteiger partial charge in [0.2, 0.25) is 0 Å². The van der Waals surface area contributed by atoms with Gasteiger partial charge in [0, 0.05) is 35.5 Å². The summed E-state index contributed by atoms with van der Waals surface area (Å²) in [7, 11) is 0. The minimum Gasteiger partial charge on any atom is -0.453 e. The number of aromatic amines is 1. The van der Waals surface area contributed by atoms with Crippen molar-refractivity contribution in [3.8, 4) is 17.2 Å². The van der Waals surface area contributed by atoms with Gasteiger partial charge in [0.1, 0.15) is 22.2 Å². The number of H-pyrrole nitrogens is 1. The summed E-state index contributed by atoms with van der Waals surface area (Å²) in [6.07, 6.45) is 4.93. The number of hydrogen-bond acceptors (Lipinski definition) is 8. The van der Waals surface area contributed by atoms with Gasteiger partial charge in [0.15, 0.2) is 17.2 Å². The van der Waals surface area contributed by atoms with Crippen molar-refractivity contribution >= 4 is 34.4 Å². The van der Waals surface area contributed by atoms with Crippen molar-refractivity contribution in [2.75, 3.05) is 25.0 Å². The number of benzene rings is 2. The van der Waals surface area contributed by atoms with Crippen LogP contribution in [0.1, 0.15) is 30.1 Å². The van der Waals surface area contributed by atoms with Crippen LogP contribution in [-0.4, -0.2) is 60.7 Å². The zero-order chi connectivity index (χ0) is 29.9. The Morgan fingerprint density at radius 3 is 2.60 bits per heavy atom. The SMILES string of the molecule is CCN1CCC(Sc2n[nH]c3nccc(Oc4ccc(NC(=O)c5ccnn(-c6ccc(F)cc6)c5=O)cc4F)c23)CC1. The number of ether oxygens (including phenoxy) is 1. The molecule has 220 valence electrons. The summed E-state index contributed by atoms with van der Waals surface area (Å²) < 4.78 is 35.5. The fourth-order valence-corrected chi connectivity index (χ4v) is 6.07. The molecule has 0 bridgehead atoms. The Balaban J connectivity index is 1.18. The molecule has 10 nitrogen and oxygen atoms in total. The Bertz CT molecular complexity index is 1840. The number of rotatable bonds is 8. The number of nitrogens with zero attached hydrogens (tertiary/aromatic N) is 5. The van der Waals surface area contributed by atoms with Crippen molar-refractivity contribution in [3.63, 3.8) is 0 Å². The average molecular weight is 604 g/mol. The Hall–Kier alpha value is -4.62. The molecule has 4 heterocycles. The first-order chi connectivity index (χ1) is 20.9. The number of amides is 1.